The van der Waals surface area contributed by atoms with Crippen LogP contribution in [0.5, 0.6) is 0 Å². The molecule has 2 rings (SSSR count). The van der Waals surface area contributed by atoms with E-state index in [4.69, 9.17) is 4.74 Å². The van der Waals surface area contributed by atoms with Gasteiger partial charge in [-0.1, -0.05) is 0 Å². The number of nitrogens with zero attached hydrogens (tertiary/aromatic N) is 3. The second-order valence-corrected chi connectivity index (χ2v) is 6.56. The third-order valence-corrected chi connectivity index (χ3v) is 4.74. The zero-order valence-corrected chi connectivity index (χ0v) is 14.0. The van der Waals surface area contributed by atoms with Crippen molar-refractivity contribution in [3.8, 4) is 0 Å². The van der Waals surface area contributed by atoms with E-state index in [9.17, 15) is 14.9 Å². The van der Waals surface area contributed by atoms with Crippen LogP contribution in [0.2, 0.25) is 0 Å². The lowest BCUT2D eigenvalue weighted by Gasteiger charge is -2.40. The van der Waals surface area contributed by atoms with E-state index < -0.39 is 5.41 Å². The molecule has 23 heavy (non-hydrogen) atoms. The van der Waals surface area contributed by atoms with Gasteiger partial charge in [-0.15, -0.1) is 0 Å². The third kappa shape index (κ3) is 3.28. The molecule has 1 aliphatic rings. The highest BCUT2D eigenvalue weighted by Crippen LogP contribution is 2.38. The molecule has 1 aliphatic heterocycles. The number of rotatable bonds is 4. The summed E-state index contributed by atoms with van der Waals surface area (Å²) in [7, 11) is 1.39. The van der Waals surface area contributed by atoms with Crippen molar-refractivity contribution in [1.29, 1.82) is 0 Å². The van der Waals surface area contributed by atoms with E-state index in [1.54, 1.807) is 19.2 Å². The molecule has 0 aliphatic carbocycles. The first-order valence-electron chi connectivity index (χ1n) is 7.72. The van der Waals surface area contributed by atoms with E-state index in [1.807, 2.05) is 18.7 Å². The normalized spacial score (nSPS) is 18.6. The van der Waals surface area contributed by atoms with Crippen LogP contribution >= 0.6 is 0 Å². The Hall–Kier alpha value is -2.18. The summed E-state index contributed by atoms with van der Waals surface area (Å²) in [5, 5.41) is 11.4. The number of aromatic nitrogens is 1. The van der Waals surface area contributed by atoms with Crippen LogP contribution in [-0.4, -0.2) is 36.1 Å². The number of hydrogen-bond donors (Lipinski definition) is 0. The lowest BCUT2D eigenvalue weighted by atomic mass is 9.74. The lowest BCUT2D eigenvalue weighted by Crippen LogP contribution is -2.45. The fourth-order valence-electron chi connectivity index (χ4n) is 3.18. The molecule has 1 aromatic heterocycles. The van der Waals surface area contributed by atoms with Crippen LogP contribution in [0.15, 0.2) is 12.3 Å². The zero-order chi connectivity index (χ0) is 17.2. The Bertz CT molecular complexity index is 615. The molecule has 0 bridgehead atoms. The molecular weight excluding hydrogens is 298 g/mol. The molecule has 0 aromatic carbocycles. The fourth-order valence-corrected chi connectivity index (χ4v) is 3.18. The van der Waals surface area contributed by atoms with Crippen LogP contribution in [0, 0.1) is 28.4 Å². The molecular formula is C16H23N3O4. The van der Waals surface area contributed by atoms with Crippen molar-refractivity contribution in [2.24, 2.45) is 11.3 Å². The maximum Gasteiger partial charge on any atom is 0.314 e. The van der Waals surface area contributed by atoms with Crippen LogP contribution in [0.4, 0.5) is 11.5 Å². The van der Waals surface area contributed by atoms with Gasteiger partial charge in [0.1, 0.15) is 0 Å². The topological polar surface area (TPSA) is 85.6 Å². The number of pyridine rings is 1. The SMILES string of the molecule is COC(=O)C(C)(C)C1CCCN(c2nccc(C)c2[N+](=O)[O-])C1. The maximum absolute atomic E-state index is 12.0. The third-order valence-electron chi connectivity index (χ3n) is 4.74. The minimum absolute atomic E-state index is 0.0454. The van der Waals surface area contributed by atoms with Gasteiger partial charge in [0.25, 0.3) is 0 Å². The second-order valence-electron chi connectivity index (χ2n) is 6.56. The molecule has 0 N–H and O–H groups in total. The number of piperidine rings is 1. The summed E-state index contributed by atoms with van der Waals surface area (Å²) in [4.78, 5) is 29.2. The highest BCUT2D eigenvalue weighted by molar-refractivity contribution is 5.76. The summed E-state index contributed by atoms with van der Waals surface area (Å²) in [5.74, 6) is 0.196. The number of ether oxygens (including phenoxy) is 1. The zero-order valence-electron chi connectivity index (χ0n) is 14.0. The van der Waals surface area contributed by atoms with E-state index in [-0.39, 0.29) is 22.5 Å². The van der Waals surface area contributed by atoms with Crippen LogP contribution in [0.25, 0.3) is 0 Å². The Morgan fingerprint density at radius 1 is 1.52 bits per heavy atom. The van der Waals surface area contributed by atoms with Gasteiger partial charge in [-0.05, 0) is 45.6 Å². The quantitative estimate of drug-likeness (QED) is 0.481. The minimum Gasteiger partial charge on any atom is -0.469 e. The van der Waals surface area contributed by atoms with E-state index in [2.05, 4.69) is 4.98 Å². The van der Waals surface area contributed by atoms with Crippen LogP contribution < -0.4 is 4.90 Å². The van der Waals surface area contributed by atoms with Crippen molar-refractivity contribution >= 4 is 17.5 Å². The van der Waals surface area contributed by atoms with Crippen LogP contribution in [0.3, 0.4) is 0 Å². The Balaban J connectivity index is 2.31. The summed E-state index contributed by atoms with van der Waals surface area (Å²) < 4.78 is 4.91. The Morgan fingerprint density at radius 2 is 2.22 bits per heavy atom. The number of anilines is 1. The number of carbonyl (C=O) groups is 1. The summed E-state index contributed by atoms with van der Waals surface area (Å²) in [5.41, 5.74) is 0.00447. The number of methoxy groups -OCH3 is 1. The highest BCUT2D eigenvalue weighted by atomic mass is 16.6. The Labute approximate surface area is 135 Å². The summed E-state index contributed by atoms with van der Waals surface area (Å²) in [6, 6.07) is 1.64. The average molecular weight is 321 g/mol. The molecule has 0 amide bonds. The summed E-state index contributed by atoms with van der Waals surface area (Å²) in [6.07, 6.45) is 3.34. The van der Waals surface area contributed by atoms with Gasteiger partial charge >= 0.3 is 11.7 Å². The largest absolute Gasteiger partial charge is 0.469 e. The number of esters is 1. The molecule has 7 heteroatoms. The summed E-state index contributed by atoms with van der Waals surface area (Å²) >= 11 is 0. The molecule has 0 radical (unpaired) electrons. The molecule has 1 fully saturated rings. The van der Waals surface area contributed by atoms with Gasteiger partial charge in [-0.2, -0.15) is 0 Å². The average Bonchev–Trinajstić information content (AvgIpc) is 2.53. The minimum atomic E-state index is -0.633. The van der Waals surface area contributed by atoms with Gasteiger partial charge in [-0.3, -0.25) is 14.9 Å². The monoisotopic (exact) mass is 321 g/mol. The maximum atomic E-state index is 12.0. The molecule has 126 valence electrons. The van der Waals surface area contributed by atoms with E-state index in [1.165, 1.54) is 7.11 Å². The van der Waals surface area contributed by atoms with Gasteiger partial charge in [-0.25, -0.2) is 4.98 Å². The van der Waals surface area contributed by atoms with E-state index in [0.717, 1.165) is 12.8 Å². The predicted molar refractivity (Wildman–Crippen MR) is 86.4 cm³/mol. The predicted octanol–water partition coefficient (Wildman–Crippen LogP) is 2.71. The molecule has 0 spiro atoms. The van der Waals surface area contributed by atoms with Crippen LogP contribution in [0.1, 0.15) is 32.3 Å². The number of carbonyl (C=O) groups excluding carboxylic acids is 1. The first-order valence-corrected chi connectivity index (χ1v) is 7.72. The van der Waals surface area contributed by atoms with Crippen molar-refractivity contribution in [3.05, 3.63) is 27.9 Å². The Kier molecular flexibility index (Phi) is 4.87. The second kappa shape index (κ2) is 6.52. The number of hydrogen-bond acceptors (Lipinski definition) is 6. The van der Waals surface area contributed by atoms with Crippen molar-refractivity contribution < 1.29 is 14.5 Å². The van der Waals surface area contributed by atoms with E-state index >= 15 is 0 Å². The first kappa shape index (κ1) is 17.2. The molecule has 1 unspecified atom stereocenters. The first-order chi connectivity index (χ1) is 10.8. The van der Waals surface area contributed by atoms with E-state index in [0.29, 0.717) is 24.5 Å². The molecule has 1 saturated heterocycles. The van der Waals surface area contributed by atoms with Gasteiger partial charge in [0.05, 0.1) is 17.4 Å². The number of aryl methyl sites for hydroxylation is 1. The molecule has 7 nitrogen and oxygen atoms in total. The standard InChI is InChI=1S/C16H23N3O4/c1-11-7-8-17-14(13(11)19(21)22)18-9-5-6-12(10-18)16(2,3)15(20)23-4/h7-8,12H,5-6,9-10H2,1-4H3. The van der Waals surface area contributed by atoms with Gasteiger partial charge in [0.2, 0.25) is 5.82 Å². The smallest absolute Gasteiger partial charge is 0.314 e. The fraction of sp³-hybridized carbons (Fsp3) is 0.625. The van der Waals surface area contributed by atoms with Gasteiger partial charge < -0.3 is 9.64 Å². The van der Waals surface area contributed by atoms with Gasteiger partial charge in [0.15, 0.2) is 0 Å². The van der Waals surface area contributed by atoms with Crippen molar-refractivity contribution in [1.82, 2.24) is 4.98 Å². The molecule has 1 atom stereocenters. The van der Waals surface area contributed by atoms with Crippen molar-refractivity contribution in [2.45, 2.75) is 33.6 Å². The van der Waals surface area contributed by atoms with Crippen molar-refractivity contribution in [3.63, 3.8) is 0 Å². The highest BCUT2D eigenvalue weighted by Gasteiger charge is 2.41. The molecule has 2 heterocycles. The van der Waals surface area contributed by atoms with Gasteiger partial charge in [0, 0.05) is 24.8 Å². The summed E-state index contributed by atoms with van der Waals surface area (Å²) in [6.45, 7) is 6.70. The van der Waals surface area contributed by atoms with Crippen molar-refractivity contribution in [2.75, 3.05) is 25.1 Å². The number of nitro groups is 1. The molecule has 0 saturated carbocycles. The lowest BCUT2D eigenvalue weighted by molar-refractivity contribution is -0.384. The van der Waals surface area contributed by atoms with Crippen LogP contribution in [-0.2, 0) is 9.53 Å². The molecule has 1 aromatic rings. The Morgan fingerprint density at radius 3 is 2.83 bits per heavy atom.